The fourth-order valence-electron chi connectivity index (χ4n) is 1.70. The third-order valence-corrected chi connectivity index (χ3v) is 2.99. The number of allylic oxidation sites excluding steroid dienone is 1. The van der Waals surface area contributed by atoms with E-state index in [9.17, 15) is 9.59 Å². The SMILES string of the molecule is C=CCCC(NC(=O)C(C)OCc1ccccc1)C(=O)O. The molecule has 21 heavy (non-hydrogen) atoms. The number of nitrogens with one attached hydrogen (secondary N) is 1. The molecule has 2 unspecified atom stereocenters. The lowest BCUT2D eigenvalue weighted by atomic mass is 10.1. The van der Waals surface area contributed by atoms with Crippen molar-refractivity contribution in [3.63, 3.8) is 0 Å². The Labute approximate surface area is 124 Å². The second-order valence-electron chi connectivity index (χ2n) is 4.70. The molecule has 2 N–H and O–H groups in total. The summed E-state index contributed by atoms with van der Waals surface area (Å²) in [4.78, 5) is 23.0. The summed E-state index contributed by atoms with van der Waals surface area (Å²) in [6.45, 7) is 5.45. The summed E-state index contributed by atoms with van der Waals surface area (Å²) in [7, 11) is 0. The molecule has 1 rings (SSSR count). The molecular formula is C16H21NO4. The summed E-state index contributed by atoms with van der Waals surface area (Å²) in [5.41, 5.74) is 0.957. The number of hydrogen-bond acceptors (Lipinski definition) is 3. The molecule has 114 valence electrons. The molecule has 2 atom stereocenters. The van der Waals surface area contributed by atoms with Crippen molar-refractivity contribution in [2.75, 3.05) is 0 Å². The van der Waals surface area contributed by atoms with Crippen LogP contribution in [0.4, 0.5) is 0 Å². The van der Waals surface area contributed by atoms with Gasteiger partial charge in [0, 0.05) is 0 Å². The average Bonchev–Trinajstić information content (AvgIpc) is 2.49. The van der Waals surface area contributed by atoms with Crippen molar-refractivity contribution in [2.45, 2.75) is 38.5 Å². The van der Waals surface area contributed by atoms with E-state index in [1.807, 2.05) is 30.3 Å². The number of hydrogen-bond donors (Lipinski definition) is 2. The van der Waals surface area contributed by atoms with Gasteiger partial charge in [0.2, 0.25) is 5.91 Å². The van der Waals surface area contributed by atoms with Gasteiger partial charge in [0.15, 0.2) is 0 Å². The number of carbonyl (C=O) groups is 2. The molecule has 1 amide bonds. The minimum atomic E-state index is -1.06. The van der Waals surface area contributed by atoms with Crippen LogP contribution in [0.1, 0.15) is 25.3 Å². The number of rotatable bonds is 9. The van der Waals surface area contributed by atoms with Gasteiger partial charge in [0.25, 0.3) is 0 Å². The second kappa shape index (κ2) is 8.92. The van der Waals surface area contributed by atoms with Crippen molar-refractivity contribution < 1.29 is 19.4 Å². The largest absolute Gasteiger partial charge is 0.480 e. The predicted molar refractivity (Wildman–Crippen MR) is 79.7 cm³/mol. The number of carboxylic acid groups (broad SMARTS) is 1. The number of aliphatic carboxylic acids is 1. The van der Waals surface area contributed by atoms with Crippen LogP contribution >= 0.6 is 0 Å². The van der Waals surface area contributed by atoms with E-state index in [0.29, 0.717) is 19.4 Å². The van der Waals surface area contributed by atoms with Crippen molar-refractivity contribution in [1.82, 2.24) is 5.32 Å². The van der Waals surface area contributed by atoms with Crippen LogP contribution in [0.2, 0.25) is 0 Å². The number of benzene rings is 1. The minimum absolute atomic E-state index is 0.305. The third kappa shape index (κ3) is 6.23. The first-order chi connectivity index (χ1) is 10.0. The molecule has 0 spiro atoms. The van der Waals surface area contributed by atoms with E-state index in [-0.39, 0.29) is 0 Å². The molecule has 5 nitrogen and oxygen atoms in total. The smallest absolute Gasteiger partial charge is 0.326 e. The average molecular weight is 291 g/mol. The van der Waals surface area contributed by atoms with Crippen molar-refractivity contribution in [3.8, 4) is 0 Å². The first-order valence-electron chi connectivity index (χ1n) is 6.84. The van der Waals surface area contributed by atoms with Crippen molar-refractivity contribution in [1.29, 1.82) is 0 Å². The molecule has 0 aliphatic heterocycles. The molecular weight excluding hydrogens is 270 g/mol. The molecule has 0 aromatic heterocycles. The van der Waals surface area contributed by atoms with E-state index < -0.39 is 24.0 Å². The van der Waals surface area contributed by atoms with Crippen molar-refractivity contribution in [3.05, 3.63) is 48.6 Å². The summed E-state index contributed by atoms with van der Waals surface area (Å²) in [5.74, 6) is -1.48. The van der Waals surface area contributed by atoms with Gasteiger partial charge >= 0.3 is 5.97 Å². The fourth-order valence-corrected chi connectivity index (χ4v) is 1.70. The first kappa shape index (κ1) is 16.9. The number of amides is 1. The van der Waals surface area contributed by atoms with Crippen molar-refractivity contribution >= 4 is 11.9 Å². The van der Waals surface area contributed by atoms with Gasteiger partial charge in [-0.2, -0.15) is 0 Å². The minimum Gasteiger partial charge on any atom is -0.480 e. The van der Waals surface area contributed by atoms with Gasteiger partial charge in [0.05, 0.1) is 6.61 Å². The lowest BCUT2D eigenvalue weighted by Crippen LogP contribution is -2.45. The normalized spacial score (nSPS) is 13.2. The maximum atomic E-state index is 11.9. The monoisotopic (exact) mass is 291 g/mol. The molecule has 0 radical (unpaired) electrons. The Morgan fingerprint density at radius 1 is 1.38 bits per heavy atom. The molecule has 5 heteroatoms. The topological polar surface area (TPSA) is 75.6 Å². The van der Waals surface area contributed by atoms with Crippen LogP contribution in [0, 0.1) is 0 Å². The summed E-state index contributed by atoms with van der Waals surface area (Å²) in [6.07, 6.45) is 1.75. The van der Waals surface area contributed by atoms with Crippen LogP contribution < -0.4 is 5.32 Å². The molecule has 0 bridgehead atoms. The van der Waals surface area contributed by atoms with Crippen molar-refractivity contribution in [2.24, 2.45) is 0 Å². The van der Waals surface area contributed by atoms with E-state index in [1.165, 1.54) is 0 Å². The zero-order valence-electron chi connectivity index (χ0n) is 12.1. The molecule has 1 aromatic carbocycles. The Morgan fingerprint density at radius 2 is 2.05 bits per heavy atom. The predicted octanol–water partition coefficient (Wildman–Crippen LogP) is 2.13. The quantitative estimate of drug-likeness (QED) is 0.683. The van der Waals surface area contributed by atoms with Gasteiger partial charge in [-0.25, -0.2) is 4.79 Å². The Bertz CT molecular complexity index is 472. The lowest BCUT2D eigenvalue weighted by Gasteiger charge is -2.18. The van der Waals surface area contributed by atoms with Gasteiger partial charge in [-0.05, 0) is 25.3 Å². The van der Waals surface area contributed by atoms with Gasteiger partial charge < -0.3 is 15.2 Å². The summed E-state index contributed by atoms with van der Waals surface area (Å²) in [5, 5.41) is 11.5. The Morgan fingerprint density at radius 3 is 2.62 bits per heavy atom. The zero-order valence-corrected chi connectivity index (χ0v) is 12.1. The van der Waals surface area contributed by atoms with Gasteiger partial charge in [0.1, 0.15) is 12.1 Å². The first-order valence-corrected chi connectivity index (χ1v) is 6.84. The van der Waals surface area contributed by atoms with Crippen LogP contribution in [0.15, 0.2) is 43.0 Å². The highest BCUT2D eigenvalue weighted by Gasteiger charge is 2.22. The van der Waals surface area contributed by atoms with Crippen LogP contribution in [0.5, 0.6) is 0 Å². The maximum absolute atomic E-state index is 11.9. The lowest BCUT2D eigenvalue weighted by molar-refractivity contribution is -0.144. The standard InChI is InChI=1S/C16H21NO4/c1-3-4-10-14(16(19)20)17-15(18)12(2)21-11-13-8-6-5-7-9-13/h3,5-9,12,14H,1,4,10-11H2,2H3,(H,17,18)(H,19,20). The molecule has 0 fully saturated rings. The van der Waals surface area contributed by atoms with Crippen LogP contribution in [-0.2, 0) is 20.9 Å². The van der Waals surface area contributed by atoms with E-state index in [0.717, 1.165) is 5.56 Å². The Kier molecular flexibility index (Phi) is 7.18. The third-order valence-electron chi connectivity index (χ3n) is 2.99. The van der Waals surface area contributed by atoms with E-state index >= 15 is 0 Å². The Hall–Kier alpha value is -2.14. The molecule has 0 saturated heterocycles. The van der Waals surface area contributed by atoms with Crippen LogP contribution in [0.25, 0.3) is 0 Å². The second-order valence-corrected chi connectivity index (χ2v) is 4.70. The van der Waals surface area contributed by atoms with Gasteiger partial charge in [-0.1, -0.05) is 36.4 Å². The van der Waals surface area contributed by atoms with E-state index in [2.05, 4.69) is 11.9 Å². The highest BCUT2D eigenvalue weighted by Crippen LogP contribution is 2.05. The molecule has 0 heterocycles. The zero-order chi connectivity index (χ0) is 15.7. The number of carboxylic acids is 1. The maximum Gasteiger partial charge on any atom is 0.326 e. The van der Waals surface area contributed by atoms with Crippen LogP contribution in [-0.4, -0.2) is 29.1 Å². The molecule has 0 aliphatic carbocycles. The molecule has 1 aromatic rings. The Balaban J connectivity index is 2.45. The van der Waals surface area contributed by atoms with E-state index in [1.54, 1.807) is 13.0 Å². The number of ether oxygens (including phenoxy) is 1. The highest BCUT2D eigenvalue weighted by atomic mass is 16.5. The summed E-state index contributed by atoms with van der Waals surface area (Å²) >= 11 is 0. The van der Waals surface area contributed by atoms with Gasteiger partial charge in [-0.3, -0.25) is 4.79 Å². The number of carbonyl (C=O) groups excluding carboxylic acids is 1. The molecule has 0 aliphatic rings. The van der Waals surface area contributed by atoms with Gasteiger partial charge in [-0.15, -0.1) is 6.58 Å². The van der Waals surface area contributed by atoms with Crippen LogP contribution in [0.3, 0.4) is 0 Å². The molecule has 0 saturated carbocycles. The highest BCUT2D eigenvalue weighted by molar-refractivity contribution is 5.86. The van der Waals surface area contributed by atoms with E-state index in [4.69, 9.17) is 9.84 Å². The summed E-state index contributed by atoms with van der Waals surface area (Å²) in [6, 6.07) is 8.55. The fraction of sp³-hybridized carbons (Fsp3) is 0.375. The summed E-state index contributed by atoms with van der Waals surface area (Å²) < 4.78 is 5.45.